The number of nitrogens with one attached hydrogen (secondary N) is 1. The standard InChI is InChI=1S/C10H9NO2/c1-6(12)9-5-11-10-4-7(13)2-3-8(9)10/h2-5,11,13H,1H3. The molecule has 3 heteroatoms. The monoisotopic (exact) mass is 175 g/mol. The Morgan fingerprint density at radius 2 is 2.23 bits per heavy atom. The van der Waals surface area contributed by atoms with E-state index in [1.54, 1.807) is 24.4 Å². The van der Waals surface area contributed by atoms with E-state index in [9.17, 15) is 9.90 Å². The van der Waals surface area contributed by atoms with E-state index in [-0.39, 0.29) is 11.5 Å². The fraction of sp³-hybridized carbons (Fsp3) is 0.100. The molecule has 2 aromatic rings. The number of benzene rings is 1. The molecule has 0 radical (unpaired) electrons. The number of hydrogen-bond donors (Lipinski definition) is 2. The minimum Gasteiger partial charge on any atom is -0.508 e. The number of carbonyl (C=O) groups is 1. The second kappa shape index (κ2) is 2.62. The number of carbonyl (C=O) groups excluding carboxylic acids is 1. The number of rotatable bonds is 1. The first kappa shape index (κ1) is 7.86. The Morgan fingerprint density at radius 1 is 1.46 bits per heavy atom. The number of H-pyrrole nitrogens is 1. The maximum Gasteiger partial charge on any atom is 0.161 e. The zero-order valence-corrected chi connectivity index (χ0v) is 7.16. The van der Waals surface area contributed by atoms with Crippen LogP contribution in [0.4, 0.5) is 0 Å². The van der Waals surface area contributed by atoms with Crippen LogP contribution in [-0.2, 0) is 0 Å². The van der Waals surface area contributed by atoms with E-state index in [0.717, 1.165) is 10.9 Å². The molecule has 0 aliphatic rings. The molecular weight excluding hydrogens is 166 g/mol. The van der Waals surface area contributed by atoms with E-state index < -0.39 is 0 Å². The normalized spacial score (nSPS) is 10.5. The van der Waals surface area contributed by atoms with Crippen LogP contribution < -0.4 is 0 Å². The molecule has 0 spiro atoms. The molecule has 3 nitrogen and oxygen atoms in total. The summed E-state index contributed by atoms with van der Waals surface area (Å²) >= 11 is 0. The van der Waals surface area contributed by atoms with Crippen LogP contribution in [0.1, 0.15) is 17.3 Å². The van der Waals surface area contributed by atoms with Gasteiger partial charge in [0.05, 0.1) is 0 Å². The topological polar surface area (TPSA) is 53.1 Å². The summed E-state index contributed by atoms with van der Waals surface area (Å²) < 4.78 is 0. The fourth-order valence-corrected chi connectivity index (χ4v) is 1.41. The summed E-state index contributed by atoms with van der Waals surface area (Å²) in [4.78, 5) is 14.1. The van der Waals surface area contributed by atoms with Crippen LogP contribution >= 0.6 is 0 Å². The molecule has 2 N–H and O–H groups in total. The van der Waals surface area contributed by atoms with Crippen molar-refractivity contribution in [2.45, 2.75) is 6.92 Å². The van der Waals surface area contributed by atoms with Crippen molar-refractivity contribution >= 4 is 16.7 Å². The molecule has 0 aliphatic carbocycles. The number of aromatic hydroxyl groups is 1. The molecule has 0 saturated heterocycles. The summed E-state index contributed by atoms with van der Waals surface area (Å²) in [7, 11) is 0. The van der Waals surface area contributed by atoms with Crippen LogP contribution in [0.5, 0.6) is 5.75 Å². The second-order valence-corrected chi connectivity index (χ2v) is 2.99. The summed E-state index contributed by atoms with van der Waals surface area (Å²) in [6, 6.07) is 4.91. The van der Waals surface area contributed by atoms with Crippen molar-refractivity contribution in [1.29, 1.82) is 0 Å². The van der Waals surface area contributed by atoms with Gasteiger partial charge in [-0.15, -0.1) is 0 Å². The van der Waals surface area contributed by atoms with Crippen molar-refractivity contribution in [2.75, 3.05) is 0 Å². The average Bonchev–Trinajstić information content (AvgIpc) is 2.46. The molecule has 1 aromatic carbocycles. The summed E-state index contributed by atoms with van der Waals surface area (Å²) in [5.41, 5.74) is 1.44. The van der Waals surface area contributed by atoms with Crippen molar-refractivity contribution in [1.82, 2.24) is 4.98 Å². The number of phenolic OH excluding ortho intramolecular Hbond substituents is 1. The van der Waals surface area contributed by atoms with Crippen LogP contribution in [0.15, 0.2) is 24.4 Å². The molecule has 66 valence electrons. The van der Waals surface area contributed by atoms with Gasteiger partial charge >= 0.3 is 0 Å². The predicted octanol–water partition coefficient (Wildman–Crippen LogP) is 2.08. The van der Waals surface area contributed by atoms with Crippen LogP contribution in [0, 0.1) is 0 Å². The van der Waals surface area contributed by atoms with Crippen molar-refractivity contribution in [2.24, 2.45) is 0 Å². The van der Waals surface area contributed by atoms with Gasteiger partial charge in [0.2, 0.25) is 0 Å². The van der Waals surface area contributed by atoms with Crippen LogP contribution in [0.2, 0.25) is 0 Å². The van der Waals surface area contributed by atoms with Gasteiger partial charge in [0.25, 0.3) is 0 Å². The van der Waals surface area contributed by atoms with E-state index in [2.05, 4.69) is 4.98 Å². The van der Waals surface area contributed by atoms with E-state index in [1.165, 1.54) is 6.92 Å². The van der Waals surface area contributed by atoms with Crippen molar-refractivity contribution in [3.8, 4) is 5.75 Å². The highest BCUT2D eigenvalue weighted by atomic mass is 16.3. The maximum absolute atomic E-state index is 11.1. The highest BCUT2D eigenvalue weighted by Crippen LogP contribution is 2.22. The number of aromatic nitrogens is 1. The Morgan fingerprint density at radius 3 is 2.92 bits per heavy atom. The highest BCUT2D eigenvalue weighted by Gasteiger charge is 2.07. The largest absolute Gasteiger partial charge is 0.508 e. The zero-order valence-electron chi connectivity index (χ0n) is 7.16. The third-order valence-corrected chi connectivity index (χ3v) is 2.04. The number of Topliss-reactive ketones (excluding diaryl/α,β-unsaturated/α-hetero) is 1. The average molecular weight is 175 g/mol. The summed E-state index contributed by atoms with van der Waals surface area (Å²) in [6.45, 7) is 1.52. The van der Waals surface area contributed by atoms with E-state index in [0.29, 0.717) is 5.56 Å². The van der Waals surface area contributed by atoms with Gasteiger partial charge in [0.15, 0.2) is 5.78 Å². The molecule has 0 saturated carbocycles. The highest BCUT2D eigenvalue weighted by molar-refractivity contribution is 6.06. The minimum atomic E-state index is 0.0249. The van der Waals surface area contributed by atoms with Gasteiger partial charge in [0, 0.05) is 28.7 Å². The minimum absolute atomic E-state index is 0.0249. The first-order valence-corrected chi connectivity index (χ1v) is 3.99. The molecule has 1 heterocycles. The molecule has 0 aliphatic heterocycles. The molecule has 0 bridgehead atoms. The molecule has 13 heavy (non-hydrogen) atoms. The van der Waals surface area contributed by atoms with Crippen molar-refractivity contribution in [3.05, 3.63) is 30.0 Å². The second-order valence-electron chi connectivity index (χ2n) is 2.99. The quantitative estimate of drug-likeness (QED) is 0.652. The van der Waals surface area contributed by atoms with Gasteiger partial charge in [-0.3, -0.25) is 4.79 Å². The number of hydrogen-bond acceptors (Lipinski definition) is 2. The molecule has 0 unspecified atom stereocenters. The van der Waals surface area contributed by atoms with Gasteiger partial charge in [0.1, 0.15) is 5.75 Å². The SMILES string of the molecule is CC(=O)c1c[nH]c2cc(O)ccc12. The first-order valence-electron chi connectivity index (χ1n) is 3.99. The fourth-order valence-electron chi connectivity index (χ4n) is 1.41. The molecule has 2 rings (SSSR count). The van der Waals surface area contributed by atoms with Crippen molar-refractivity contribution in [3.63, 3.8) is 0 Å². The summed E-state index contributed by atoms with van der Waals surface area (Å²) in [5, 5.41) is 10.0. The molecule has 0 atom stereocenters. The number of ketones is 1. The Balaban J connectivity index is 2.76. The smallest absolute Gasteiger partial charge is 0.161 e. The first-order chi connectivity index (χ1) is 6.18. The maximum atomic E-state index is 11.1. The van der Waals surface area contributed by atoms with E-state index in [1.807, 2.05) is 0 Å². The lowest BCUT2D eigenvalue weighted by atomic mass is 10.1. The Hall–Kier alpha value is -1.77. The lowest BCUT2D eigenvalue weighted by molar-refractivity contribution is 0.101. The third kappa shape index (κ3) is 1.18. The molecule has 0 fully saturated rings. The van der Waals surface area contributed by atoms with E-state index in [4.69, 9.17) is 0 Å². The van der Waals surface area contributed by atoms with Gasteiger partial charge in [-0.05, 0) is 19.1 Å². The third-order valence-electron chi connectivity index (χ3n) is 2.04. The Kier molecular flexibility index (Phi) is 1.59. The van der Waals surface area contributed by atoms with E-state index >= 15 is 0 Å². The summed E-state index contributed by atoms with van der Waals surface area (Å²) in [5.74, 6) is 0.224. The van der Waals surface area contributed by atoms with Gasteiger partial charge in [-0.2, -0.15) is 0 Å². The Labute approximate surface area is 75.0 Å². The lowest BCUT2D eigenvalue weighted by Gasteiger charge is -1.93. The molecule has 0 amide bonds. The van der Waals surface area contributed by atoms with Crippen LogP contribution in [-0.4, -0.2) is 15.9 Å². The Bertz CT molecular complexity index is 471. The van der Waals surface area contributed by atoms with Crippen molar-refractivity contribution < 1.29 is 9.90 Å². The van der Waals surface area contributed by atoms with Gasteiger partial charge < -0.3 is 10.1 Å². The molecular formula is C10H9NO2. The van der Waals surface area contributed by atoms with Gasteiger partial charge in [-0.1, -0.05) is 0 Å². The number of aromatic amines is 1. The predicted molar refractivity (Wildman–Crippen MR) is 50.0 cm³/mol. The zero-order chi connectivity index (χ0) is 9.42. The van der Waals surface area contributed by atoms with Crippen LogP contribution in [0.25, 0.3) is 10.9 Å². The molecule has 1 aromatic heterocycles. The van der Waals surface area contributed by atoms with Gasteiger partial charge in [-0.25, -0.2) is 0 Å². The van der Waals surface area contributed by atoms with Crippen LogP contribution in [0.3, 0.4) is 0 Å². The number of phenols is 1. The summed E-state index contributed by atoms with van der Waals surface area (Å²) in [6.07, 6.45) is 1.66. The lowest BCUT2D eigenvalue weighted by Crippen LogP contribution is -1.88. The number of fused-ring (bicyclic) bond motifs is 1.